The van der Waals surface area contributed by atoms with E-state index >= 15 is 0 Å². The van der Waals surface area contributed by atoms with Gasteiger partial charge in [0, 0.05) is 13.6 Å². The van der Waals surface area contributed by atoms with Crippen molar-refractivity contribution in [3.05, 3.63) is 35.4 Å². The van der Waals surface area contributed by atoms with Crippen LogP contribution in [0.15, 0.2) is 24.3 Å². The van der Waals surface area contributed by atoms with Crippen LogP contribution in [-0.2, 0) is 11.3 Å². The second kappa shape index (κ2) is 4.79. The third kappa shape index (κ3) is 2.36. The number of likely N-dealkylation sites (N-methyl/N-ethyl adjacent to an activating group) is 1. The second-order valence-electron chi connectivity index (χ2n) is 4.98. The smallest absolute Gasteiger partial charge is 0.242 e. The van der Waals surface area contributed by atoms with Crippen LogP contribution in [0.3, 0.4) is 0 Å². The standard InChI is InChI=1S/C14H17N3O/c1-17(13(18)14(16)6-3-7-14)10-12-5-2-4-11(8-12)9-15/h2,4-5,8H,3,6-7,10,16H2,1H3. The lowest BCUT2D eigenvalue weighted by Gasteiger charge is -2.39. The fourth-order valence-corrected chi connectivity index (χ4v) is 2.24. The summed E-state index contributed by atoms with van der Waals surface area (Å²) in [6, 6.07) is 9.38. The van der Waals surface area contributed by atoms with Gasteiger partial charge in [0.2, 0.25) is 5.91 Å². The number of carbonyl (C=O) groups excluding carboxylic acids is 1. The largest absolute Gasteiger partial charge is 0.340 e. The molecule has 2 N–H and O–H groups in total. The minimum Gasteiger partial charge on any atom is -0.340 e. The predicted octanol–water partition coefficient (Wildman–Crippen LogP) is 1.40. The van der Waals surface area contributed by atoms with Crippen LogP contribution in [0.25, 0.3) is 0 Å². The normalized spacial score (nSPS) is 16.5. The molecule has 2 rings (SSSR count). The van der Waals surface area contributed by atoms with Crippen LogP contribution in [0.1, 0.15) is 30.4 Å². The lowest BCUT2D eigenvalue weighted by Crippen LogP contribution is -2.58. The van der Waals surface area contributed by atoms with Crippen LogP contribution in [0.4, 0.5) is 0 Å². The molecule has 1 aromatic carbocycles. The molecule has 94 valence electrons. The van der Waals surface area contributed by atoms with Gasteiger partial charge >= 0.3 is 0 Å². The summed E-state index contributed by atoms with van der Waals surface area (Å²) in [6.45, 7) is 0.493. The molecule has 0 atom stereocenters. The number of amides is 1. The van der Waals surface area contributed by atoms with Crippen molar-refractivity contribution in [3.8, 4) is 6.07 Å². The zero-order valence-electron chi connectivity index (χ0n) is 10.5. The topological polar surface area (TPSA) is 70.1 Å². The summed E-state index contributed by atoms with van der Waals surface area (Å²) < 4.78 is 0. The fraction of sp³-hybridized carbons (Fsp3) is 0.429. The van der Waals surface area contributed by atoms with E-state index in [-0.39, 0.29) is 5.91 Å². The molecule has 4 heteroatoms. The number of nitrogens with zero attached hydrogens (tertiary/aromatic N) is 2. The summed E-state index contributed by atoms with van der Waals surface area (Å²) in [5.74, 6) is -0.00360. The molecule has 1 amide bonds. The summed E-state index contributed by atoms with van der Waals surface area (Å²) in [6.07, 6.45) is 2.57. The zero-order chi connectivity index (χ0) is 13.2. The van der Waals surface area contributed by atoms with Crippen molar-refractivity contribution >= 4 is 5.91 Å². The number of nitrogens with two attached hydrogens (primary N) is 1. The molecule has 18 heavy (non-hydrogen) atoms. The maximum absolute atomic E-state index is 12.1. The summed E-state index contributed by atoms with van der Waals surface area (Å²) in [5, 5.41) is 8.83. The van der Waals surface area contributed by atoms with Crippen LogP contribution in [-0.4, -0.2) is 23.4 Å². The van der Waals surface area contributed by atoms with Gasteiger partial charge < -0.3 is 10.6 Å². The molecule has 0 unspecified atom stereocenters. The Morgan fingerprint density at radius 3 is 2.83 bits per heavy atom. The highest BCUT2D eigenvalue weighted by Crippen LogP contribution is 2.30. The van der Waals surface area contributed by atoms with Crippen LogP contribution in [0.2, 0.25) is 0 Å². The van der Waals surface area contributed by atoms with Gasteiger partial charge in [-0.25, -0.2) is 0 Å². The van der Waals surface area contributed by atoms with Gasteiger partial charge in [-0.05, 0) is 37.0 Å². The predicted molar refractivity (Wildman–Crippen MR) is 68.4 cm³/mol. The molecule has 0 aliphatic heterocycles. The third-order valence-electron chi connectivity index (χ3n) is 3.49. The van der Waals surface area contributed by atoms with Crippen LogP contribution >= 0.6 is 0 Å². The van der Waals surface area contributed by atoms with Gasteiger partial charge in [-0.15, -0.1) is 0 Å². The van der Waals surface area contributed by atoms with Gasteiger partial charge in [0.15, 0.2) is 0 Å². The molecular formula is C14H17N3O. The molecule has 1 saturated carbocycles. The Hall–Kier alpha value is -1.86. The van der Waals surface area contributed by atoms with Crippen LogP contribution < -0.4 is 5.73 Å². The molecule has 0 saturated heterocycles. The van der Waals surface area contributed by atoms with Crippen molar-refractivity contribution < 1.29 is 4.79 Å². The number of nitriles is 1. The molecule has 1 fully saturated rings. The lowest BCUT2D eigenvalue weighted by atomic mass is 9.76. The van der Waals surface area contributed by atoms with E-state index in [1.165, 1.54) is 0 Å². The maximum Gasteiger partial charge on any atom is 0.242 e. The molecule has 1 aliphatic rings. The molecule has 1 aromatic rings. The summed E-state index contributed by atoms with van der Waals surface area (Å²) >= 11 is 0. The first-order valence-corrected chi connectivity index (χ1v) is 6.09. The molecule has 0 heterocycles. The quantitative estimate of drug-likeness (QED) is 0.872. The molecule has 0 spiro atoms. The van der Waals surface area contributed by atoms with E-state index in [0.29, 0.717) is 12.1 Å². The molecule has 0 aromatic heterocycles. The first kappa shape index (κ1) is 12.6. The van der Waals surface area contributed by atoms with E-state index in [4.69, 9.17) is 11.0 Å². The van der Waals surface area contributed by atoms with E-state index in [9.17, 15) is 4.79 Å². The van der Waals surface area contributed by atoms with Gasteiger partial charge in [0.25, 0.3) is 0 Å². The van der Waals surface area contributed by atoms with Crippen molar-refractivity contribution in [1.82, 2.24) is 4.90 Å². The summed E-state index contributed by atoms with van der Waals surface area (Å²) in [4.78, 5) is 13.8. The Labute approximate surface area is 107 Å². The summed E-state index contributed by atoms with van der Waals surface area (Å²) in [5.41, 5.74) is 6.92. The van der Waals surface area contributed by atoms with Gasteiger partial charge in [-0.2, -0.15) is 5.26 Å². The Bertz CT molecular complexity index is 500. The number of hydrogen-bond acceptors (Lipinski definition) is 3. The first-order valence-electron chi connectivity index (χ1n) is 6.09. The zero-order valence-corrected chi connectivity index (χ0v) is 10.5. The van der Waals surface area contributed by atoms with Crippen LogP contribution in [0.5, 0.6) is 0 Å². The average molecular weight is 243 g/mol. The summed E-state index contributed by atoms with van der Waals surface area (Å²) in [7, 11) is 1.76. The van der Waals surface area contributed by atoms with Gasteiger partial charge in [-0.3, -0.25) is 4.79 Å². The molecule has 0 bridgehead atoms. The van der Waals surface area contributed by atoms with E-state index in [1.807, 2.05) is 12.1 Å². The van der Waals surface area contributed by atoms with E-state index in [0.717, 1.165) is 24.8 Å². The fourth-order valence-electron chi connectivity index (χ4n) is 2.24. The SMILES string of the molecule is CN(Cc1cccc(C#N)c1)C(=O)C1(N)CCC1. The number of benzene rings is 1. The van der Waals surface area contributed by atoms with Crippen molar-refractivity contribution in [2.24, 2.45) is 5.73 Å². The minimum absolute atomic E-state index is 0.00360. The maximum atomic E-state index is 12.1. The van der Waals surface area contributed by atoms with Gasteiger partial charge in [-0.1, -0.05) is 12.1 Å². The first-order chi connectivity index (χ1) is 8.55. The molecular weight excluding hydrogens is 226 g/mol. The van der Waals surface area contributed by atoms with Gasteiger partial charge in [0.1, 0.15) is 0 Å². The molecule has 4 nitrogen and oxygen atoms in total. The van der Waals surface area contributed by atoms with Crippen molar-refractivity contribution in [1.29, 1.82) is 5.26 Å². The van der Waals surface area contributed by atoms with Crippen molar-refractivity contribution in [2.45, 2.75) is 31.3 Å². The van der Waals surface area contributed by atoms with Crippen LogP contribution in [0, 0.1) is 11.3 Å². The van der Waals surface area contributed by atoms with E-state index < -0.39 is 5.54 Å². The van der Waals surface area contributed by atoms with Gasteiger partial charge in [0.05, 0.1) is 17.2 Å². The van der Waals surface area contributed by atoms with Crippen molar-refractivity contribution in [3.63, 3.8) is 0 Å². The highest BCUT2D eigenvalue weighted by atomic mass is 16.2. The van der Waals surface area contributed by atoms with E-state index in [1.54, 1.807) is 24.1 Å². The third-order valence-corrected chi connectivity index (χ3v) is 3.49. The second-order valence-corrected chi connectivity index (χ2v) is 4.98. The Balaban J connectivity index is 2.04. The molecule has 1 aliphatic carbocycles. The highest BCUT2D eigenvalue weighted by Gasteiger charge is 2.41. The monoisotopic (exact) mass is 243 g/mol. The van der Waals surface area contributed by atoms with E-state index in [2.05, 4.69) is 6.07 Å². The Morgan fingerprint density at radius 2 is 2.28 bits per heavy atom. The number of rotatable bonds is 3. The number of carbonyl (C=O) groups is 1. The number of hydrogen-bond donors (Lipinski definition) is 1. The molecule has 0 radical (unpaired) electrons. The Kier molecular flexibility index (Phi) is 3.35. The lowest BCUT2D eigenvalue weighted by molar-refractivity contribution is -0.139. The van der Waals surface area contributed by atoms with Crippen molar-refractivity contribution in [2.75, 3.05) is 7.05 Å². The average Bonchev–Trinajstić information content (AvgIpc) is 2.35. The minimum atomic E-state index is -0.651. The highest BCUT2D eigenvalue weighted by molar-refractivity contribution is 5.86. The Morgan fingerprint density at radius 1 is 1.56 bits per heavy atom.